The second-order valence-electron chi connectivity index (χ2n) is 7.32. The van der Waals surface area contributed by atoms with E-state index in [0.717, 1.165) is 49.8 Å². The van der Waals surface area contributed by atoms with Crippen LogP contribution in [0.3, 0.4) is 0 Å². The Hall–Kier alpha value is -1.98. The predicted octanol–water partition coefficient (Wildman–Crippen LogP) is 4.06. The number of hydrogen-bond donors (Lipinski definition) is 0. The summed E-state index contributed by atoms with van der Waals surface area (Å²) in [6.45, 7) is 8.78. The molecular formula is C22H29N3OS. The van der Waals surface area contributed by atoms with Gasteiger partial charge in [0.05, 0.1) is 10.7 Å². The Bertz CT molecular complexity index is 746. The van der Waals surface area contributed by atoms with Gasteiger partial charge in [0.15, 0.2) is 0 Å². The fourth-order valence-corrected chi connectivity index (χ4v) is 4.12. The van der Waals surface area contributed by atoms with Gasteiger partial charge in [-0.05, 0) is 11.5 Å². The van der Waals surface area contributed by atoms with Crippen molar-refractivity contribution in [2.24, 2.45) is 0 Å². The van der Waals surface area contributed by atoms with Crippen molar-refractivity contribution in [2.45, 2.75) is 32.6 Å². The normalized spacial score (nSPS) is 15.7. The highest BCUT2D eigenvalue weighted by Gasteiger charge is 2.20. The van der Waals surface area contributed by atoms with Crippen LogP contribution >= 0.6 is 11.3 Å². The number of carbonyl (C=O) groups excluding carboxylic acids is 1. The van der Waals surface area contributed by atoms with Crippen molar-refractivity contribution < 1.29 is 4.79 Å². The summed E-state index contributed by atoms with van der Waals surface area (Å²) in [7, 11) is 0. The molecule has 0 aliphatic carbocycles. The molecule has 1 aromatic carbocycles. The quantitative estimate of drug-likeness (QED) is 0.723. The highest BCUT2D eigenvalue weighted by molar-refractivity contribution is 7.09. The molecule has 0 spiro atoms. The van der Waals surface area contributed by atoms with Crippen LogP contribution in [0.5, 0.6) is 0 Å². The molecule has 1 fully saturated rings. The highest BCUT2D eigenvalue weighted by Crippen LogP contribution is 2.19. The molecule has 27 heavy (non-hydrogen) atoms. The average molecular weight is 384 g/mol. The number of carbonyl (C=O) groups is 1. The number of aryl methyl sites for hydroxylation is 1. The van der Waals surface area contributed by atoms with Crippen LogP contribution in [0.15, 0.2) is 41.8 Å². The molecule has 0 N–H and O–H groups in total. The van der Waals surface area contributed by atoms with Gasteiger partial charge >= 0.3 is 0 Å². The van der Waals surface area contributed by atoms with Crippen LogP contribution in [0.25, 0.3) is 6.08 Å². The molecule has 0 saturated carbocycles. The van der Waals surface area contributed by atoms with E-state index >= 15 is 0 Å². The zero-order valence-electron chi connectivity index (χ0n) is 16.3. The molecule has 2 heterocycles. The molecule has 1 aromatic heterocycles. The molecule has 1 amide bonds. The minimum absolute atomic E-state index is 0.260. The molecule has 1 saturated heterocycles. The van der Waals surface area contributed by atoms with E-state index in [1.54, 1.807) is 11.3 Å². The molecule has 1 aliphatic rings. The molecule has 0 unspecified atom stereocenters. The number of benzene rings is 1. The van der Waals surface area contributed by atoms with E-state index in [9.17, 15) is 4.79 Å². The second-order valence-corrected chi connectivity index (χ2v) is 8.26. The molecule has 144 valence electrons. The van der Waals surface area contributed by atoms with Gasteiger partial charge < -0.3 is 4.90 Å². The Morgan fingerprint density at radius 3 is 2.59 bits per heavy atom. The van der Waals surface area contributed by atoms with Crippen molar-refractivity contribution in [3.05, 3.63) is 58.1 Å². The molecule has 0 bridgehead atoms. The minimum Gasteiger partial charge on any atom is -0.340 e. The van der Waals surface area contributed by atoms with Crippen LogP contribution in [-0.4, -0.2) is 53.4 Å². The lowest BCUT2D eigenvalue weighted by Gasteiger charge is -2.34. The number of nitrogens with zero attached hydrogens (tertiary/aromatic N) is 3. The summed E-state index contributed by atoms with van der Waals surface area (Å²) in [4.78, 5) is 21.5. The number of thiazole rings is 1. The Labute approximate surface area is 166 Å². The maximum Gasteiger partial charge on any atom is 0.223 e. The largest absolute Gasteiger partial charge is 0.340 e. The summed E-state index contributed by atoms with van der Waals surface area (Å²) in [6.07, 6.45) is 5.70. The Morgan fingerprint density at radius 1 is 1.19 bits per heavy atom. The van der Waals surface area contributed by atoms with Crippen LogP contribution in [0.2, 0.25) is 0 Å². The Kier molecular flexibility index (Phi) is 7.18. The SMILES string of the molecule is CC(C)c1csc(CCC(=O)N2CCN(C/C=C/c3ccccc3)CC2)n1. The summed E-state index contributed by atoms with van der Waals surface area (Å²) >= 11 is 1.68. The Morgan fingerprint density at radius 2 is 1.93 bits per heavy atom. The van der Waals surface area contributed by atoms with Crippen LogP contribution in [0.4, 0.5) is 0 Å². The minimum atomic E-state index is 0.260. The van der Waals surface area contributed by atoms with E-state index in [-0.39, 0.29) is 5.91 Å². The van der Waals surface area contributed by atoms with Crippen molar-refractivity contribution in [3.8, 4) is 0 Å². The third kappa shape index (κ3) is 6.01. The van der Waals surface area contributed by atoms with E-state index in [2.05, 4.69) is 65.5 Å². The van der Waals surface area contributed by atoms with E-state index in [0.29, 0.717) is 12.3 Å². The van der Waals surface area contributed by atoms with E-state index in [4.69, 9.17) is 0 Å². The van der Waals surface area contributed by atoms with Gasteiger partial charge in [0.1, 0.15) is 0 Å². The van der Waals surface area contributed by atoms with Crippen LogP contribution in [0, 0.1) is 0 Å². The van der Waals surface area contributed by atoms with Gasteiger partial charge in [-0.1, -0.05) is 56.3 Å². The molecule has 1 aliphatic heterocycles. The monoisotopic (exact) mass is 383 g/mol. The fraction of sp³-hybridized carbons (Fsp3) is 0.455. The van der Waals surface area contributed by atoms with Crippen molar-refractivity contribution >= 4 is 23.3 Å². The lowest BCUT2D eigenvalue weighted by atomic mass is 10.2. The van der Waals surface area contributed by atoms with Gasteiger partial charge in [0, 0.05) is 50.9 Å². The zero-order valence-corrected chi connectivity index (χ0v) is 17.1. The fourth-order valence-electron chi connectivity index (χ4n) is 3.16. The molecule has 0 radical (unpaired) electrons. The highest BCUT2D eigenvalue weighted by atomic mass is 32.1. The van der Waals surface area contributed by atoms with Crippen LogP contribution in [-0.2, 0) is 11.2 Å². The van der Waals surface area contributed by atoms with E-state index in [1.807, 2.05) is 11.0 Å². The van der Waals surface area contributed by atoms with Gasteiger partial charge in [0.2, 0.25) is 5.91 Å². The van der Waals surface area contributed by atoms with Gasteiger partial charge in [0.25, 0.3) is 0 Å². The molecular weight excluding hydrogens is 354 g/mol. The number of hydrogen-bond acceptors (Lipinski definition) is 4. The van der Waals surface area contributed by atoms with Crippen molar-refractivity contribution in [1.82, 2.24) is 14.8 Å². The van der Waals surface area contributed by atoms with Crippen molar-refractivity contribution in [1.29, 1.82) is 0 Å². The third-order valence-electron chi connectivity index (χ3n) is 4.91. The van der Waals surface area contributed by atoms with Crippen molar-refractivity contribution in [2.75, 3.05) is 32.7 Å². The average Bonchev–Trinajstić information content (AvgIpc) is 3.17. The topological polar surface area (TPSA) is 36.4 Å². The summed E-state index contributed by atoms with van der Waals surface area (Å²) in [5.41, 5.74) is 2.37. The first-order valence-electron chi connectivity index (χ1n) is 9.78. The third-order valence-corrected chi connectivity index (χ3v) is 5.84. The standard InChI is InChI=1S/C22H29N3OS/c1-18(2)20-17-27-21(23-20)10-11-22(26)25-15-13-24(14-16-25)12-6-9-19-7-4-3-5-8-19/h3-9,17-18H,10-16H2,1-2H3/b9-6+. The van der Waals surface area contributed by atoms with Gasteiger partial charge in [-0.2, -0.15) is 0 Å². The first kappa shape index (κ1) is 19.8. The van der Waals surface area contributed by atoms with Crippen LogP contribution in [0.1, 0.15) is 42.5 Å². The first-order chi connectivity index (χ1) is 13.1. The summed E-state index contributed by atoms with van der Waals surface area (Å²) < 4.78 is 0. The van der Waals surface area contributed by atoms with Gasteiger partial charge in [-0.3, -0.25) is 9.69 Å². The molecule has 5 heteroatoms. The summed E-state index contributed by atoms with van der Waals surface area (Å²) in [6, 6.07) is 10.4. The first-order valence-corrected chi connectivity index (χ1v) is 10.7. The second kappa shape index (κ2) is 9.81. The molecule has 3 rings (SSSR count). The van der Waals surface area contributed by atoms with Crippen molar-refractivity contribution in [3.63, 3.8) is 0 Å². The van der Waals surface area contributed by atoms with E-state index < -0.39 is 0 Å². The lowest BCUT2D eigenvalue weighted by molar-refractivity contribution is -0.132. The number of rotatable bonds is 7. The molecule has 0 atom stereocenters. The number of aromatic nitrogens is 1. The molecule has 4 nitrogen and oxygen atoms in total. The lowest BCUT2D eigenvalue weighted by Crippen LogP contribution is -2.48. The summed E-state index contributed by atoms with van der Waals surface area (Å²) in [5.74, 6) is 0.713. The maximum atomic E-state index is 12.5. The van der Waals surface area contributed by atoms with E-state index in [1.165, 1.54) is 5.56 Å². The summed E-state index contributed by atoms with van der Waals surface area (Å²) in [5, 5.41) is 3.20. The van der Waals surface area contributed by atoms with Gasteiger partial charge in [-0.25, -0.2) is 4.98 Å². The van der Waals surface area contributed by atoms with Crippen LogP contribution < -0.4 is 0 Å². The maximum absolute atomic E-state index is 12.5. The smallest absolute Gasteiger partial charge is 0.223 e. The number of amides is 1. The predicted molar refractivity (Wildman–Crippen MR) is 113 cm³/mol. The molecule has 2 aromatic rings. The Balaban J connectivity index is 1.38. The number of piperazine rings is 1. The zero-order chi connectivity index (χ0) is 19.1. The van der Waals surface area contributed by atoms with Gasteiger partial charge in [-0.15, -0.1) is 11.3 Å².